The van der Waals surface area contributed by atoms with Crippen molar-refractivity contribution in [3.05, 3.63) is 35.9 Å². The second-order valence-corrected chi connectivity index (χ2v) is 5.63. The molecule has 1 aromatic rings. The molecule has 93 valence electrons. The lowest BCUT2D eigenvalue weighted by molar-refractivity contribution is -0.461. The summed E-state index contributed by atoms with van der Waals surface area (Å²) in [6.07, 6.45) is 0. The van der Waals surface area contributed by atoms with Crippen LogP contribution in [0.3, 0.4) is 0 Å². The molecule has 0 bridgehead atoms. The number of benzene rings is 1. The smallest absolute Gasteiger partial charge is 0.212 e. The summed E-state index contributed by atoms with van der Waals surface area (Å²) in [5.74, 6) is 5.22. The molecule has 3 N–H and O–H groups in total. The molecule has 0 fully saturated rings. The van der Waals surface area contributed by atoms with Crippen LogP contribution in [0.25, 0.3) is 0 Å². The summed E-state index contributed by atoms with van der Waals surface area (Å²) < 4.78 is 0. The molecule has 0 aromatic heterocycles. The number of nitrogens with two attached hydrogens (primary N) is 1. The molecule has 0 amide bonds. The predicted molar refractivity (Wildman–Crippen MR) is 70.3 cm³/mol. The first-order valence-electron chi connectivity index (χ1n) is 5.41. The normalized spacial score (nSPS) is 14.4. The lowest BCUT2D eigenvalue weighted by atomic mass is 10.1. The molecule has 0 spiro atoms. The van der Waals surface area contributed by atoms with E-state index in [1.54, 1.807) is 5.55 Å². The molecule has 17 heavy (non-hydrogen) atoms. The van der Waals surface area contributed by atoms with E-state index in [0.29, 0.717) is 0 Å². The van der Waals surface area contributed by atoms with Crippen LogP contribution in [0.1, 0.15) is 31.7 Å². The fraction of sp³-hybridized carbons (Fsp3) is 0.417. The fourth-order valence-corrected chi connectivity index (χ4v) is 2.29. The summed E-state index contributed by atoms with van der Waals surface area (Å²) in [7, 11) is 0. The topological polar surface area (TPSA) is 63.1 Å². The SMILES string of the molecule is CC(C)(C)N([O])C(S/C=[NH+]\N)c1ccccc1. The summed E-state index contributed by atoms with van der Waals surface area (Å²) in [6, 6.07) is 9.67. The lowest BCUT2D eigenvalue weighted by Crippen LogP contribution is -2.76. The monoisotopic (exact) mass is 253 g/mol. The van der Waals surface area contributed by atoms with E-state index in [9.17, 15) is 5.21 Å². The van der Waals surface area contributed by atoms with Gasteiger partial charge in [-0.2, -0.15) is 0 Å². The van der Waals surface area contributed by atoms with Gasteiger partial charge in [-0.05, 0) is 38.1 Å². The van der Waals surface area contributed by atoms with E-state index in [1.165, 1.54) is 11.8 Å². The highest BCUT2D eigenvalue weighted by Gasteiger charge is 2.31. The summed E-state index contributed by atoms with van der Waals surface area (Å²) >= 11 is 1.36. The third-order valence-corrected chi connectivity index (χ3v) is 3.22. The van der Waals surface area contributed by atoms with Gasteiger partial charge in [-0.1, -0.05) is 30.3 Å². The largest absolute Gasteiger partial charge is 0.226 e. The molecule has 1 unspecified atom stereocenters. The van der Waals surface area contributed by atoms with Gasteiger partial charge in [0.05, 0.1) is 0 Å². The third kappa shape index (κ3) is 4.03. The summed E-state index contributed by atoms with van der Waals surface area (Å²) in [6.45, 7) is 5.69. The van der Waals surface area contributed by atoms with Gasteiger partial charge in [0.15, 0.2) is 0 Å². The number of hydroxylamine groups is 2. The van der Waals surface area contributed by atoms with Crippen molar-refractivity contribution >= 4 is 17.3 Å². The lowest BCUT2D eigenvalue weighted by Gasteiger charge is -2.32. The molecule has 5 heteroatoms. The van der Waals surface area contributed by atoms with Crippen molar-refractivity contribution in [1.29, 1.82) is 0 Å². The zero-order valence-electron chi connectivity index (χ0n) is 10.4. The van der Waals surface area contributed by atoms with Crippen molar-refractivity contribution in [2.24, 2.45) is 5.84 Å². The van der Waals surface area contributed by atoms with Crippen LogP contribution in [0.2, 0.25) is 0 Å². The molecule has 1 rings (SSSR count). The minimum Gasteiger partial charge on any atom is -0.212 e. The van der Waals surface area contributed by atoms with Crippen LogP contribution in [-0.4, -0.2) is 16.1 Å². The van der Waals surface area contributed by atoms with Crippen molar-refractivity contribution < 1.29 is 10.3 Å². The average Bonchev–Trinajstić information content (AvgIpc) is 2.29. The third-order valence-electron chi connectivity index (χ3n) is 2.22. The van der Waals surface area contributed by atoms with Crippen molar-refractivity contribution in [1.82, 2.24) is 5.06 Å². The Morgan fingerprint density at radius 2 is 1.94 bits per heavy atom. The number of hydrogen-bond acceptors (Lipinski definition) is 3. The van der Waals surface area contributed by atoms with Crippen LogP contribution in [-0.2, 0) is 5.21 Å². The van der Waals surface area contributed by atoms with Gasteiger partial charge >= 0.3 is 0 Å². The highest BCUT2D eigenvalue weighted by atomic mass is 32.2. The zero-order valence-corrected chi connectivity index (χ0v) is 11.2. The number of nitrogens with one attached hydrogen (secondary N) is 1. The van der Waals surface area contributed by atoms with Gasteiger partial charge in [0.25, 0.3) is 0 Å². The van der Waals surface area contributed by atoms with Gasteiger partial charge in [-0.25, -0.2) is 5.84 Å². The van der Waals surface area contributed by atoms with Crippen LogP contribution < -0.4 is 10.9 Å². The van der Waals surface area contributed by atoms with E-state index in [2.05, 4.69) is 5.10 Å². The Balaban J connectivity index is 2.96. The second-order valence-electron chi connectivity index (χ2n) is 4.68. The molecule has 0 aliphatic rings. The number of hydrazine groups is 1. The molecule has 1 radical (unpaired) electrons. The number of nitrogens with zero attached hydrogens (tertiary/aromatic N) is 1. The Hall–Kier alpha value is -1.04. The number of hydrazone groups is 1. The molecule has 0 aliphatic carbocycles. The summed E-state index contributed by atoms with van der Waals surface area (Å²) in [5, 5.41) is 15.5. The van der Waals surface area contributed by atoms with Crippen molar-refractivity contribution in [2.45, 2.75) is 31.7 Å². The molecule has 1 atom stereocenters. The van der Waals surface area contributed by atoms with E-state index in [0.717, 1.165) is 10.6 Å². The molecule has 0 saturated heterocycles. The quantitative estimate of drug-likeness (QED) is 0.275. The maximum atomic E-state index is 12.3. The minimum atomic E-state index is -0.448. The first-order chi connectivity index (χ1) is 7.96. The van der Waals surface area contributed by atoms with Crippen molar-refractivity contribution in [3.63, 3.8) is 0 Å². The summed E-state index contributed by atoms with van der Waals surface area (Å²) in [4.78, 5) is 0. The van der Waals surface area contributed by atoms with E-state index in [-0.39, 0.29) is 5.37 Å². The molecular formula is C12H19N3OS+. The van der Waals surface area contributed by atoms with Gasteiger partial charge in [0.1, 0.15) is 5.37 Å². The Morgan fingerprint density at radius 3 is 2.41 bits per heavy atom. The van der Waals surface area contributed by atoms with Gasteiger partial charge in [-0.15, -0.1) is 15.4 Å². The fourth-order valence-electron chi connectivity index (χ4n) is 1.34. The molecule has 0 saturated carbocycles. The highest BCUT2D eigenvalue weighted by molar-refractivity contribution is 8.11. The molecule has 1 aromatic carbocycles. The number of rotatable bonds is 4. The van der Waals surface area contributed by atoms with Crippen molar-refractivity contribution in [3.8, 4) is 0 Å². The Labute approximate surface area is 106 Å². The predicted octanol–water partition coefficient (Wildman–Crippen LogP) is 0.847. The maximum Gasteiger partial charge on any atom is 0.226 e. The van der Waals surface area contributed by atoms with Crippen LogP contribution in [0, 0.1) is 0 Å². The van der Waals surface area contributed by atoms with Gasteiger partial charge in [0, 0.05) is 5.54 Å². The Morgan fingerprint density at radius 1 is 1.35 bits per heavy atom. The maximum absolute atomic E-state index is 12.3. The van der Waals surface area contributed by atoms with Crippen LogP contribution in [0.5, 0.6) is 0 Å². The zero-order chi connectivity index (χ0) is 12.9. The number of hydrogen-bond donors (Lipinski definition) is 2. The van der Waals surface area contributed by atoms with Gasteiger partial charge in [0.2, 0.25) is 5.55 Å². The Bertz CT molecular complexity index is 362. The second kappa shape index (κ2) is 6.05. The van der Waals surface area contributed by atoms with Gasteiger partial charge in [-0.3, -0.25) is 0 Å². The Kier molecular flexibility index (Phi) is 4.99. The first-order valence-corrected chi connectivity index (χ1v) is 6.36. The van der Waals surface area contributed by atoms with Gasteiger partial charge < -0.3 is 0 Å². The van der Waals surface area contributed by atoms with E-state index >= 15 is 0 Å². The molecule has 0 aliphatic heterocycles. The van der Waals surface area contributed by atoms with Crippen LogP contribution in [0.4, 0.5) is 0 Å². The molecule has 4 nitrogen and oxygen atoms in total. The molecule has 0 heterocycles. The van der Waals surface area contributed by atoms with Crippen LogP contribution >= 0.6 is 11.8 Å². The van der Waals surface area contributed by atoms with Crippen molar-refractivity contribution in [2.75, 3.05) is 0 Å². The first kappa shape index (κ1) is 14.0. The molecular weight excluding hydrogens is 234 g/mol. The highest BCUT2D eigenvalue weighted by Crippen LogP contribution is 2.34. The van der Waals surface area contributed by atoms with E-state index in [1.807, 2.05) is 51.1 Å². The minimum absolute atomic E-state index is 0.299. The van der Waals surface area contributed by atoms with E-state index in [4.69, 9.17) is 5.84 Å². The standard InChI is InChI=1S/C12H18N3OS/c1-12(2,3)15(16)11(17-9-14-13)10-7-5-4-6-8-10/h4-9,11H,13H2,1-3H3/p+1/b14-9-. The average molecular weight is 253 g/mol. The number of thioether (sulfide) groups is 1. The van der Waals surface area contributed by atoms with E-state index < -0.39 is 5.54 Å². The summed E-state index contributed by atoms with van der Waals surface area (Å²) in [5.41, 5.74) is 2.14. The van der Waals surface area contributed by atoms with Crippen LogP contribution in [0.15, 0.2) is 30.3 Å².